The van der Waals surface area contributed by atoms with Crippen molar-refractivity contribution in [3.8, 4) is 0 Å². The fourth-order valence-electron chi connectivity index (χ4n) is 2.19. The van der Waals surface area contributed by atoms with Gasteiger partial charge in [0.05, 0.1) is 6.34 Å². The Hall–Kier alpha value is -1.53. The summed E-state index contributed by atoms with van der Waals surface area (Å²) in [6, 6.07) is 2.23. The second kappa shape index (κ2) is 5.63. The van der Waals surface area contributed by atoms with Crippen LogP contribution in [0.15, 0.2) is 22.2 Å². The van der Waals surface area contributed by atoms with Gasteiger partial charge in [-0.25, -0.2) is 20.0 Å². The molecule has 3 heterocycles. The first kappa shape index (κ1) is 12.5. The monoisotopic (exact) mass is 279 g/mol. The predicted octanol–water partition coefficient (Wildman–Crippen LogP) is 1.36. The van der Waals surface area contributed by atoms with Gasteiger partial charge < -0.3 is 9.64 Å². The van der Waals surface area contributed by atoms with Crippen LogP contribution in [-0.4, -0.2) is 53.0 Å². The maximum Gasteiger partial charge on any atom is 0.222 e. The zero-order valence-corrected chi connectivity index (χ0v) is 11.1. The summed E-state index contributed by atoms with van der Waals surface area (Å²) >= 11 is 5.76. The topological polar surface area (TPSA) is 63.0 Å². The van der Waals surface area contributed by atoms with E-state index in [1.165, 1.54) is 0 Å². The molecule has 0 bridgehead atoms. The summed E-state index contributed by atoms with van der Waals surface area (Å²) in [5.41, 5.74) is 0.655. The molecule has 1 saturated heterocycles. The molecule has 0 saturated carbocycles. The van der Waals surface area contributed by atoms with Crippen LogP contribution in [0.5, 0.6) is 0 Å². The fourth-order valence-corrected chi connectivity index (χ4v) is 2.34. The van der Waals surface area contributed by atoms with E-state index in [1.54, 1.807) is 12.3 Å². The zero-order valence-electron chi connectivity index (χ0n) is 10.4. The summed E-state index contributed by atoms with van der Waals surface area (Å²) in [6.45, 7) is 2.23. The fraction of sp³-hybridized carbons (Fsp3) is 0.500. The van der Waals surface area contributed by atoms with Crippen LogP contribution in [0.3, 0.4) is 0 Å². The Bertz CT molecular complexity index is 513. The van der Waals surface area contributed by atoms with Gasteiger partial charge in [-0.15, -0.1) is 0 Å². The summed E-state index contributed by atoms with van der Waals surface area (Å²) < 4.78 is 5.36. The van der Waals surface area contributed by atoms with E-state index in [1.807, 2.05) is 6.34 Å². The van der Waals surface area contributed by atoms with E-state index in [0.29, 0.717) is 24.2 Å². The number of amidine groups is 1. The quantitative estimate of drug-likeness (QED) is 0.767. The molecule has 0 atom stereocenters. The lowest BCUT2D eigenvalue weighted by atomic mass is 10.1. The van der Waals surface area contributed by atoms with Gasteiger partial charge in [-0.05, 0) is 30.5 Å². The third-order valence-electron chi connectivity index (χ3n) is 3.23. The summed E-state index contributed by atoms with van der Waals surface area (Å²) in [7, 11) is 0. The van der Waals surface area contributed by atoms with Gasteiger partial charge in [0.2, 0.25) is 5.28 Å². The standard InChI is InChI=1S/C12H14ClN5O/c13-12-14-4-1-10(17-12)11-15-7-18(8-16-11)9-2-5-19-6-3-9/h1,4,7,9H,2-3,5-6,8H2. The molecule has 0 radical (unpaired) electrons. The van der Waals surface area contributed by atoms with Gasteiger partial charge in [0.1, 0.15) is 12.4 Å². The molecular formula is C12H14ClN5O. The Morgan fingerprint density at radius 1 is 1.32 bits per heavy atom. The number of rotatable bonds is 2. The summed E-state index contributed by atoms with van der Waals surface area (Å²) in [6.07, 6.45) is 5.49. The number of ether oxygens (including phenoxy) is 1. The van der Waals surface area contributed by atoms with Gasteiger partial charge >= 0.3 is 0 Å². The average molecular weight is 280 g/mol. The van der Waals surface area contributed by atoms with Crippen LogP contribution in [-0.2, 0) is 4.74 Å². The Morgan fingerprint density at radius 3 is 2.84 bits per heavy atom. The SMILES string of the molecule is Clc1nccc(C2=NCN(C3CCOCC3)C=N2)n1. The van der Waals surface area contributed by atoms with Gasteiger partial charge in [0.25, 0.3) is 0 Å². The summed E-state index contributed by atoms with van der Waals surface area (Å²) in [5, 5.41) is 0.210. The number of hydrogen-bond acceptors (Lipinski definition) is 6. The highest BCUT2D eigenvalue weighted by atomic mass is 35.5. The second-order valence-corrected chi connectivity index (χ2v) is 4.77. The van der Waals surface area contributed by atoms with Crippen molar-refractivity contribution in [1.82, 2.24) is 14.9 Å². The molecule has 100 valence electrons. The van der Waals surface area contributed by atoms with E-state index in [2.05, 4.69) is 24.9 Å². The lowest BCUT2D eigenvalue weighted by molar-refractivity contribution is 0.0568. The van der Waals surface area contributed by atoms with Crippen LogP contribution in [0.4, 0.5) is 0 Å². The smallest absolute Gasteiger partial charge is 0.222 e. The molecule has 0 spiro atoms. The molecule has 0 unspecified atom stereocenters. The molecular weight excluding hydrogens is 266 g/mol. The highest BCUT2D eigenvalue weighted by Gasteiger charge is 2.21. The molecule has 1 fully saturated rings. The average Bonchev–Trinajstić information content (AvgIpc) is 2.48. The highest BCUT2D eigenvalue weighted by molar-refractivity contribution is 6.28. The minimum Gasteiger partial charge on any atom is -0.381 e. The first-order valence-corrected chi connectivity index (χ1v) is 6.62. The molecule has 0 aliphatic carbocycles. The Balaban J connectivity index is 1.69. The Labute approximate surface area is 116 Å². The highest BCUT2D eigenvalue weighted by Crippen LogP contribution is 2.15. The maximum atomic E-state index is 5.76. The van der Waals surface area contributed by atoms with Gasteiger partial charge in [-0.3, -0.25) is 0 Å². The number of aliphatic imine (C=N–C) groups is 2. The largest absolute Gasteiger partial charge is 0.381 e. The summed E-state index contributed by atoms with van der Waals surface area (Å²) in [5.74, 6) is 0.604. The molecule has 2 aliphatic rings. The minimum absolute atomic E-state index is 0.210. The van der Waals surface area contributed by atoms with Crippen LogP contribution >= 0.6 is 11.6 Å². The van der Waals surface area contributed by atoms with E-state index in [4.69, 9.17) is 16.3 Å². The van der Waals surface area contributed by atoms with Crippen molar-refractivity contribution in [2.45, 2.75) is 18.9 Å². The van der Waals surface area contributed by atoms with Crippen LogP contribution in [0.1, 0.15) is 18.5 Å². The second-order valence-electron chi connectivity index (χ2n) is 4.44. The molecule has 2 aliphatic heterocycles. The van der Waals surface area contributed by atoms with Gasteiger partial charge in [0, 0.05) is 25.5 Å². The van der Waals surface area contributed by atoms with Crippen molar-refractivity contribution in [3.63, 3.8) is 0 Å². The molecule has 3 rings (SSSR count). The van der Waals surface area contributed by atoms with Crippen molar-refractivity contribution in [3.05, 3.63) is 23.2 Å². The summed E-state index contributed by atoms with van der Waals surface area (Å²) in [4.78, 5) is 18.9. The number of halogens is 1. The predicted molar refractivity (Wildman–Crippen MR) is 72.6 cm³/mol. The first-order valence-electron chi connectivity index (χ1n) is 6.24. The van der Waals surface area contributed by atoms with E-state index in [-0.39, 0.29) is 5.28 Å². The van der Waals surface area contributed by atoms with E-state index < -0.39 is 0 Å². The van der Waals surface area contributed by atoms with Crippen LogP contribution in [0.2, 0.25) is 5.28 Å². The van der Waals surface area contributed by atoms with Crippen molar-refractivity contribution >= 4 is 23.8 Å². The van der Waals surface area contributed by atoms with Crippen LogP contribution < -0.4 is 0 Å². The molecule has 1 aromatic rings. The third-order valence-corrected chi connectivity index (χ3v) is 3.41. The first-order chi connectivity index (χ1) is 9.33. The van der Waals surface area contributed by atoms with Gasteiger partial charge in [-0.2, -0.15) is 0 Å². The number of aromatic nitrogens is 2. The molecule has 6 nitrogen and oxygen atoms in total. The van der Waals surface area contributed by atoms with Crippen molar-refractivity contribution in [2.75, 3.05) is 19.9 Å². The van der Waals surface area contributed by atoms with Crippen LogP contribution in [0.25, 0.3) is 0 Å². The molecule has 0 amide bonds. The zero-order chi connectivity index (χ0) is 13.1. The molecule has 7 heteroatoms. The molecule has 0 aromatic carbocycles. The van der Waals surface area contributed by atoms with Crippen molar-refractivity contribution in [2.24, 2.45) is 9.98 Å². The lowest BCUT2D eigenvalue weighted by Crippen LogP contribution is -2.40. The molecule has 19 heavy (non-hydrogen) atoms. The van der Waals surface area contributed by atoms with Gasteiger partial charge in [0.15, 0.2) is 5.84 Å². The maximum absolute atomic E-state index is 5.76. The minimum atomic E-state index is 0.210. The van der Waals surface area contributed by atoms with Crippen LogP contribution in [0, 0.1) is 0 Å². The number of hydrogen-bond donors (Lipinski definition) is 0. The molecule has 1 aromatic heterocycles. The lowest BCUT2D eigenvalue weighted by Gasteiger charge is -2.32. The number of nitrogens with zero attached hydrogens (tertiary/aromatic N) is 5. The van der Waals surface area contributed by atoms with E-state index in [9.17, 15) is 0 Å². The third kappa shape index (κ3) is 2.90. The van der Waals surface area contributed by atoms with Gasteiger partial charge in [-0.1, -0.05) is 0 Å². The normalized spacial score (nSPS) is 20.5. The van der Waals surface area contributed by atoms with E-state index in [0.717, 1.165) is 26.1 Å². The molecule has 0 N–H and O–H groups in total. The Kier molecular flexibility index (Phi) is 3.70. The van der Waals surface area contributed by atoms with E-state index >= 15 is 0 Å². The Morgan fingerprint density at radius 2 is 2.16 bits per heavy atom. The van der Waals surface area contributed by atoms with Crippen molar-refractivity contribution in [1.29, 1.82) is 0 Å². The van der Waals surface area contributed by atoms with Crippen molar-refractivity contribution < 1.29 is 4.74 Å².